The van der Waals surface area contributed by atoms with Crippen LogP contribution < -0.4 is 11.2 Å². The largest absolute Gasteiger partial charge is 0.416 e. The SMILES string of the molecule is O=c1[nH]c(C2CCC(c3ccccc3)CC2)c(Cc2cc(C(F)(F)F)ccn2)c(=O)[nH]1. The molecule has 2 N–H and O–H groups in total. The van der Waals surface area contributed by atoms with Gasteiger partial charge in [-0.05, 0) is 55.2 Å². The zero-order valence-electron chi connectivity index (χ0n) is 16.7. The third kappa shape index (κ3) is 4.78. The van der Waals surface area contributed by atoms with E-state index in [9.17, 15) is 22.8 Å². The fourth-order valence-electron chi connectivity index (χ4n) is 4.43. The third-order valence-corrected chi connectivity index (χ3v) is 5.98. The fourth-order valence-corrected chi connectivity index (χ4v) is 4.43. The Labute approximate surface area is 176 Å². The van der Waals surface area contributed by atoms with Crippen LogP contribution in [0, 0.1) is 0 Å². The molecule has 4 rings (SSSR count). The number of hydrogen-bond acceptors (Lipinski definition) is 3. The normalized spacial score (nSPS) is 19.3. The second-order valence-corrected chi connectivity index (χ2v) is 7.97. The van der Waals surface area contributed by atoms with Crippen LogP contribution in [-0.2, 0) is 12.6 Å². The van der Waals surface area contributed by atoms with E-state index in [0.29, 0.717) is 11.6 Å². The van der Waals surface area contributed by atoms with Gasteiger partial charge < -0.3 is 4.98 Å². The molecule has 1 aliphatic carbocycles. The van der Waals surface area contributed by atoms with E-state index in [4.69, 9.17) is 0 Å². The van der Waals surface area contributed by atoms with E-state index in [0.717, 1.165) is 44.0 Å². The summed E-state index contributed by atoms with van der Waals surface area (Å²) in [5.41, 5.74) is 0.187. The average Bonchev–Trinajstić information content (AvgIpc) is 2.76. The number of aromatic amines is 2. The summed E-state index contributed by atoms with van der Waals surface area (Å²) in [4.78, 5) is 33.5. The molecule has 5 nitrogen and oxygen atoms in total. The van der Waals surface area contributed by atoms with E-state index >= 15 is 0 Å². The number of nitrogens with zero attached hydrogens (tertiary/aromatic N) is 1. The van der Waals surface area contributed by atoms with Gasteiger partial charge in [-0.2, -0.15) is 13.2 Å². The summed E-state index contributed by atoms with van der Waals surface area (Å²) in [6, 6.07) is 12.0. The molecule has 2 aromatic heterocycles. The van der Waals surface area contributed by atoms with Gasteiger partial charge in [0.15, 0.2) is 0 Å². The van der Waals surface area contributed by atoms with Crippen molar-refractivity contribution in [1.29, 1.82) is 0 Å². The van der Waals surface area contributed by atoms with E-state index in [1.54, 1.807) is 0 Å². The summed E-state index contributed by atoms with van der Waals surface area (Å²) >= 11 is 0. The van der Waals surface area contributed by atoms with Gasteiger partial charge in [0, 0.05) is 29.6 Å². The molecule has 0 bridgehead atoms. The maximum Gasteiger partial charge on any atom is 0.416 e. The highest BCUT2D eigenvalue weighted by Gasteiger charge is 2.31. The summed E-state index contributed by atoms with van der Waals surface area (Å²) in [5, 5.41) is 0. The van der Waals surface area contributed by atoms with Crippen molar-refractivity contribution in [3.8, 4) is 0 Å². The molecule has 0 saturated heterocycles. The zero-order valence-corrected chi connectivity index (χ0v) is 16.7. The smallest absolute Gasteiger partial charge is 0.311 e. The van der Waals surface area contributed by atoms with Crippen LogP contribution in [0.3, 0.4) is 0 Å². The summed E-state index contributed by atoms with van der Waals surface area (Å²) < 4.78 is 39.1. The molecular weight excluding hydrogens is 407 g/mol. The van der Waals surface area contributed by atoms with E-state index < -0.39 is 23.0 Å². The van der Waals surface area contributed by atoms with Crippen LogP contribution in [0.15, 0.2) is 58.3 Å². The molecule has 1 aromatic carbocycles. The quantitative estimate of drug-likeness (QED) is 0.641. The molecule has 1 fully saturated rings. The van der Waals surface area contributed by atoms with Crippen molar-refractivity contribution in [1.82, 2.24) is 15.0 Å². The van der Waals surface area contributed by atoms with Crippen LogP contribution in [0.5, 0.6) is 0 Å². The van der Waals surface area contributed by atoms with E-state index in [1.165, 1.54) is 5.56 Å². The standard InChI is InChI=1S/C23H22F3N3O2/c24-23(25,26)17-10-11-27-18(12-17)13-19-20(28-22(31)29-21(19)30)16-8-6-15(7-9-16)14-4-2-1-3-5-14/h1-5,10-12,15-16H,6-9,13H2,(H2,28,29,30,31). The van der Waals surface area contributed by atoms with Crippen LogP contribution in [0.1, 0.15) is 65.6 Å². The third-order valence-electron chi connectivity index (χ3n) is 5.98. The first-order chi connectivity index (χ1) is 14.8. The molecule has 31 heavy (non-hydrogen) atoms. The highest BCUT2D eigenvalue weighted by molar-refractivity contribution is 5.29. The van der Waals surface area contributed by atoms with Crippen molar-refractivity contribution < 1.29 is 13.2 Å². The molecule has 1 aliphatic rings. The Morgan fingerprint density at radius 1 is 0.935 bits per heavy atom. The van der Waals surface area contributed by atoms with Crippen molar-refractivity contribution in [3.63, 3.8) is 0 Å². The lowest BCUT2D eigenvalue weighted by Crippen LogP contribution is -2.30. The van der Waals surface area contributed by atoms with Gasteiger partial charge in [-0.3, -0.25) is 14.8 Å². The monoisotopic (exact) mass is 429 g/mol. The molecular formula is C23H22F3N3O2. The number of halogens is 3. The highest BCUT2D eigenvalue weighted by Crippen LogP contribution is 2.40. The van der Waals surface area contributed by atoms with Crippen molar-refractivity contribution in [2.75, 3.05) is 0 Å². The molecule has 162 valence electrons. The fraction of sp³-hybridized carbons (Fsp3) is 0.348. The first-order valence-electron chi connectivity index (χ1n) is 10.2. The maximum absolute atomic E-state index is 13.0. The number of alkyl halides is 3. The Hall–Kier alpha value is -3.16. The van der Waals surface area contributed by atoms with Crippen molar-refractivity contribution in [3.05, 3.63) is 97.6 Å². The first kappa shape index (κ1) is 21.1. The van der Waals surface area contributed by atoms with Gasteiger partial charge in [-0.25, -0.2) is 4.79 Å². The minimum absolute atomic E-state index is 0.0317. The van der Waals surface area contributed by atoms with Gasteiger partial charge in [0.1, 0.15) is 0 Å². The lowest BCUT2D eigenvalue weighted by atomic mass is 9.76. The number of rotatable bonds is 4. The molecule has 0 spiro atoms. The molecule has 0 atom stereocenters. The Balaban J connectivity index is 1.60. The lowest BCUT2D eigenvalue weighted by molar-refractivity contribution is -0.137. The van der Waals surface area contributed by atoms with Crippen molar-refractivity contribution >= 4 is 0 Å². The molecule has 1 saturated carbocycles. The first-order valence-corrected chi connectivity index (χ1v) is 10.2. The molecule has 0 amide bonds. The van der Waals surface area contributed by atoms with Crippen LogP contribution in [0.25, 0.3) is 0 Å². The van der Waals surface area contributed by atoms with Gasteiger partial charge in [0.25, 0.3) is 5.56 Å². The highest BCUT2D eigenvalue weighted by atomic mass is 19.4. The van der Waals surface area contributed by atoms with Crippen LogP contribution in [0.4, 0.5) is 13.2 Å². The average molecular weight is 429 g/mol. The number of aromatic nitrogens is 3. The van der Waals surface area contributed by atoms with Gasteiger partial charge in [-0.1, -0.05) is 30.3 Å². The molecule has 0 radical (unpaired) electrons. The Morgan fingerprint density at radius 2 is 1.61 bits per heavy atom. The Kier molecular flexibility index (Phi) is 5.80. The lowest BCUT2D eigenvalue weighted by Gasteiger charge is -2.29. The minimum Gasteiger partial charge on any atom is -0.311 e. The Bertz CT molecular complexity index is 1160. The second-order valence-electron chi connectivity index (χ2n) is 7.97. The number of pyridine rings is 1. The van der Waals surface area contributed by atoms with Gasteiger partial charge >= 0.3 is 11.9 Å². The number of benzene rings is 1. The molecule has 0 aliphatic heterocycles. The van der Waals surface area contributed by atoms with Crippen molar-refractivity contribution in [2.24, 2.45) is 0 Å². The minimum atomic E-state index is -4.49. The van der Waals surface area contributed by atoms with Crippen LogP contribution in [0.2, 0.25) is 0 Å². The summed E-state index contributed by atoms with van der Waals surface area (Å²) in [5.74, 6) is 0.385. The van der Waals surface area contributed by atoms with Gasteiger partial charge in [-0.15, -0.1) is 0 Å². The predicted octanol–water partition coefficient (Wildman–Crippen LogP) is 4.51. The van der Waals surface area contributed by atoms with Gasteiger partial charge in [0.2, 0.25) is 0 Å². The van der Waals surface area contributed by atoms with Crippen molar-refractivity contribution in [2.45, 2.75) is 50.1 Å². The molecule has 0 unspecified atom stereocenters. The summed E-state index contributed by atoms with van der Waals surface area (Å²) in [6.07, 6.45) is -0.111. The summed E-state index contributed by atoms with van der Waals surface area (Å²) in [6.45, 7) is 0. The van der Waals surface area contributed by atoms with E-state index in [-0.39, 0.29) is 23.6 Å². The van der Waals surface area contributed by atoms with Crippen LogP contribution >= 0.6 is 0 Å². The predicted molar refractivity (Wildman–Crippen MR) is 110 cm³/mol. The maximum atomic E-state index is 13.0. The molecule has 8 heteroatoms. The number of nitrogens with one attached hydrogen (secondary N) is 2. The summed E-state index contributed by atoms with van der Waals surface area (Å²) in [7, 11) is 0. The number of H-pyrrole nitrogens is 2. The topological polar surface area (TPSA) is 78.6 Å². The van der Waals surface area contributed by atoms with E-state index in [2.05, 4.69) is 27.1 Å². The molecule has 3 aromatic rings. The van der Waals surface area contributed by atoms with Gasteiger partial charge in [0.05, 0.1) is 5.56 Å². The van der Waals surface area contributed by atoms with Crippen LogP contribution in [-0.4, -0.2) is 15.0 Å². The molecule has 2 heterocycles. The Morgan fingerprint density at radius 3 is 2.29 bits per heavy atom. The second kappa shape index (κ2) is 8.53. The zero-order chi connectivity index (χ0) is 22.0. The van der Waals surface area contributed by atoms with E-state index in [1.807, 2.05) is 18.2 Å². The number of hydrogen-bond donors (Lipinski definition) is 2.